The van der Waals surface area contributed by atoms with Crippen LogP contribution in [0.5, 0.6) is 0 Å². The number of benzene rings is 3. The number of imidazole rings is 1. The van der Waals surface area contributed by atoms with E-state index < -0.39 is 30.3 Å². The van der Waals surface area contributed by atoms with E-state index in [1.165, 1.54) is 18.2 Å². The maximum atomic E-state index is 12.7. The van der Waals surface area contributed by atoms with Crippen LogP contribution in [0.1, 0.15) is 11.4 Å². The number of rotatable bonds is 5. The van der Waals surface area contributed by atoms with Crippen molar-refractivity contribution in [3.8, 4) is 11.1 Å². The number of primary sulfonamides is 1. The summed E-state index contributed by atoms with van der Waals surface area (Å²) in [7, 11) is -9.33. The maximum Gasteiger partial charge on any atom is 0.501 e. The van der Waals surface area contributed by atoms with Crippen molar-refractivity contribution in [3.05, 3.63) is 78.1 Å². The topological polar surface area (TPSA) is 123 Å². The van der Waals surface area contributed by atoms with E-state index in [-0.39, 0.29) is 4.90 Å². The average Bonchev–Trinajstić information content (AvgIpc) is 3.19. The van der Waals surface area contributed by atoms with E-state index in [2.05, 4.69) is 9.97 Å². The van der Waals surface area contributed by atoms with Crippen LogP contribution in [0.3, 0.4) is 0 Å². The highest BCUT2D eigenvalue weighted by atomic mass is 32.2. The number of nitrogens with one attached hydrogen (secondary N) is 1. The SMILES string of the molecule is NS(=O)(=O)c1ccccc1-c1ccc2nc(/C=C/c3ccc(S(=O)(=O)C(F)(F)F)cc3)[nH]c2c1. The van der Waals surface area contributed by atoms with E-state index in [1.807, 2.05) is 0 Å². The number of alkyl halides is 3. The molecule has 0 bridgehead atoms. The summed E-state index contributed by atoms with van der Waals surface area (Å²) in [6.07, 6.45) is 3.13. The Kier molecular flexibility index (Phi) is 5.84. The molecule has 3 aromatic carbocycles. The third-order valence-corrected chi connectivity index (χ3v) is 7.40. The zero-order valence-electron chi connectivity index (χ0n) is 17.1. The number of halogens is 3. The Morgan fingerprint density at radius 2 is 1.56 bits per heavy atom. The molecule has 1 heterocycles. The van der Waals surface area contributed by atoms with E-state index in [4.69, 9.17) is 5.14 Å². The highest BCUT2D eigenvalue weighted by Crippen LogP contribution is 2.31. The molecule has 34 heavy (non-hydrogen) atoms. The second-order valence-electron chi connectivity index (χ2n) is 7.25. The van der Waals surface area contributed by atoms with Gasteiger partial charge in [-0.05, 0) is 47.5 Å². The van der Waals surface area contributed by atoms with Crippen molar-refractivity contribution in [2.24, 2.45) is 5.14 Å². The standard InChI is InChI=1S/C22H16F3N3O4S2/c23-22(24,25)33(29,30)16-9-5-14(6-10-16)7-12-21-27-18-11-8-15(13-19(18)28-21)17-3-1-2-4-20(17)34(26,31)32/h1-13H,(H,27,28)(H2,26,31,32)/b12-7+. The van der Waals surface area contributed by atoms with Gasteiger partial charge in [-0.2, -0.15) is 13.2 Å². The summed E-state index contributed by atoms with van der Waals surface area (Å²) >= 11 is 0. The van der Waals surface area contributed by atoms with Crippen LogP contribution < -0.4 is 5.14 Å². The summed E-state index contributed by atoms with van der Waals surface area (Å²) in [4.78, 5) is 6.61. The third-order valence-electron chi connectivity index (χ3n) is 4.93. The number of fused-ring (bicyclic) bond motifs is 1. The van der Waals surface area contributed by atoms with Gasteiger partial charge in [0.2, 0.25) is 10.0 Å². The zero-order valence-corrected chi connectivity index (χ0v) is 18.7. The number of aromatic amines is 1. The van der Waals surface area contributed by atoms with Gasteiger partial charge in [-0.15, -0.1) is 0 Å². The van der Waals surface area contributed by atoms with Crippen LogP contribution in [0.2, 0.25) is 0 Å². The fourth-order valence-corrected chi connectivity index (χ4v) is 4.82. The van der Waals surface area contributed by atoms with Crippen molar-refractivity contribution < 1.29 is 30.0 Å². The van der Waals surface area contributed by atoms with Gasteiger partial charge in [-0.1, -0.05) is 42.5 Å². The van der Waals surface area contributed by atoms with Gasteiger partial charge < -0.3 is 4.98 Å². The Morgan fingerprint density at radius 3 is 2.21 bits per heavy atom. The minimum absolute atomic E-state index is 0.00929. The molecular weight excluding hydrogens is 491 g/mol. The van der Waals surface area contributed by atoms with Crippen molar-refractivity contribution in [1.82, 2.24) is 9.97 Å². The molecule has 7 nitrogen and oxygen atoms in total. The molecule has 0 unspecified atom stereocenters. The lowest BCUT2D eigenvalue weighted by atomic mass is 10.1. The van der Waals surface area contributed by atoms with Crippen LogP contribution >= 0.6 is 0 Å². The summed E-state index contributed by atoms with van der Waals surface area (Å²) in [5, 5.41) is 5.31. The molecule has 0 amide bonds. The Hall–Kier alpha value is -3.48. The summed E-state index contributed by atoms with van der Waals surface area (Å²) in [5.41, 5.74) is -2.64. The molecule has 4 rings (SSSR count). The minimum Gasteiger partial charge on any atom is -0.338 e. The predicted octanol–water partition coefficient (Wildman–Crippen LogP) is 4.34. The maximum absolute atomic E-state index is 12.7. The molecule has 0 saturated carbocycles. The molecule has 176 valence electrons. The number of H-pyrrole nitrogens is 1. The van der Waals surface area contributed by atoms with E-state index in [9.17, 15) is 30.0 Å². The van der Waals surface area contributed by atoms with Crippen LogP contribution in [-0.4, -0.2) is 32.3 Å². The smallest absolute Gasteiger partial charge is 0.338 e. The number of aromatic nitrogens is 2. The molecule has 0 spiro atoms. The lowest BCUT2D eigenvalue weighted by Crippen LogP contribution is -2.23. The molecule has 0 fully saturated rings. The summed E-state index contributed by atoms with van der Waals surface area (Å²) < 4.78 is 84.7. The molecule has 0 aliphatic carbocycles. The van der Waals surface area contributed by atoms with Gasteiger partial charge in [-0.25, -0.2) is 27.0 Å². The number of nitrogens with zero attached hydrogens (tertiary/aromatic N) is 1. The predicted molar refractivity (Wildman–Crippen MR) is 122 cm³/mol. The zero-order chi connectivity index (χ0) is 24.7. The van der Waals surface area contributed by atoms with Gasteiger partial charge in [-0.3, -0.25) is 0 Å². The molecule has 3 N–H and O–H groups in total. The number of sulfone groups is 1. The molecule has 4 aromatic rings. The second kappa shape index (κ2) is 8.38. The fourth-order valence-electron chi connectivity index (χ4n) is 3.30. The van der Waals surface area contributed by atoms with Gasteiger partial charge in [0.1, 0.15) is 5.82 Å². The van der Waals surface area contributed by atoms with E-state index >= 15 is 0 Å². The fraction of sp³-hybridized carbons (Fsp3) is 0.0455. The lowest BCUT2D eigenvalue weighted by Gasteiger charge is -2.07. The van der Waals surface area contributed by atoms with Crippen molar-refractivity contribution >= 4 is 43.0 Å². The summed E-state index contributed by atoms with van der Waals surface area (Å²) in [6.45, 7) is 0. The van der Waals surface area contributed by atoms with E-state index in [1.54, 1.807) is 48.6 Å². The molecule has 0 radical (unpaired) electrons. The first-order chi connectivity index (χ1) is 15.9. The van der Waals surface area contributed by atoms with Gasteiger partial charge >= 0.3 is 5.51 Å². The van der Waals surface area contributed by atoms with Crippen molar-refractivity contribution in [2.75, 3.05) is 0 Å². The Labute approximate surface area is 192 Å². The Balaban J connectivity index is 1.62. The first kappa shape index (κ1) is 23.7. The Morgan fingerprint density at radius 1 is 0.882 bits per heavy atom. The van der Waals surface area contributed by atoms with E-state index in [0.717, 1.165) is 12.1 Å². The van der Waals surface area contributed by atoms with Crippen LogP contribution in [0, 0.1) is 0 Å². The number of hydrogen-bond donors (Lipinski definition) is 2. The molecule has 0 aliphatic heterocycles. The molecule has 0 saturated heterocycles. The van der Waals surface area contributed by atoms with Crippen molar-refractivity contribution in [1.29, 1.82) is 0 Å². The lowest BCUT2D eigenvalue weighted by molar-refractivity contribution is -0.0436. The summed E-state index contributed by atoms with van der Waals surface area (Å²) in [5.74, 6) is 0.430. The third kappa shape index (κ3) is 4.60. The average molecular weight is 508 g/mol. The number of hydrogen-bond acceptors (Lipinski definition) is 5. The van der Waals surface area contributed by atoms with Gasteiger partial charge in [0.15, 0.2) is 0 Å². The molecule has 0 aliphatic rings. The number of sulfonamides is 1. The largest absolute Gasteiger partial charge is 0.501 e. The van der Waals surface area contributed by atoms with Gasteiger partial charge in [0.25, 0.3) is 9.84 Å². The Bertz CT molecular complexity index is 1620. The van der Waals surface area contributed by atoms with Crippen molar-refractivity contribution in [2.45, 2.75) is 15.3 Å². The first-order valence-electron chi connectivity index (χ1n) is 9.58. The monoisotopic (exact) mass is 507 g/mol. The second-order valence-corrected chi connectivity index (χ2v) is 10.7. The molecule has 12 heteroatoms. The van der Waals surface area contributed by atoms with Crippen LogP contribution in [-0.2, 0) is 19.9 Å². The number of nitrogens with two attached hydrogens (primary N) is 1. The minimum atomic E-state index is -5.41. The first-order valence-corrected chi connectivity index (χ1v) is 12.6. The van der Waals surface area contributed by atoms with Crippen molar-refractivity contribution in [3.63, 3.8) is 0 Å². The van der Waals surface area contributed by atoms with Gasteiger partial charge in [0.05, 0.1) is 20.8 Å². The van der Waals surface area contributed by atoms with E-state index in [0.29, 0.717) is 33.5 Å². The highest BCUT2D eigenvalue weighted by Gasteiger charge is 2.46. The molecule has 0 atom stereocenters. The molecular formula is C22H16F3N3O4S2. The quantitative estimate of drug-likeness (QED) is 0.416. The van der Waals surface area contributed by atoms with Crippen LogP contribution in [0.25, 0.3) is 34.3 Å². The van der Waals surface area contributed by atoms with Crippen LogP contribution in [0.15, 0.2) is 76.5 Å². The molecule has 1 aromatic heterocycles. The highest BCUT2D eigenvalue weighted by molar-refractivity contribution is 7.92. The normalized spacial score (nSPS) is 13.1. The van der Waals surface area contributed by atoms with Crippen LogP contribution in [0.4, 0.5) is 13.2 Å². The van der Waals surface area contributed by atoms with Gasteiger partial charge in [0, 0.05) is 5.56 Å². The summed E-state index contributed by atoms with van der Waals surface area (Å²) in [6, 6.07) is 15.7.